The lowest BCUT2D eigenvalue weighted by Crippen LogP contribution is -2.42. The van der Waals surface area contributed by atoms with Gasteiger partial charge in [0.05, 0.1) is 4.88 Å². The van der Waals surface area contributed by atoms with Gasteiger partial charge in [-0.2, -0.15) is 0 Å². The van der Waals surface area contributed by atoms with E-state index in [0.717, 1.165) is 42.2 Å². The molecule has 2 aliphatic heterocycles. The number of hydrogen-bond donors (Lipinski definition) is 1. The fraction of sp³-hybridized carbons (Fsp3) is 0.467. The molecule has 2 aromatic rings. The summed E-state index contributed by atoms with van der Waals surface area (Å²) in [5, 5.41) is 8.34. The van der Waals surface area contributed by atoms with Crippen LogP contribution in [0.4, 0.5) is 0 Å². The molecule has 4 rings (SSSR count). The van der Waals surface area contributed by atoms with Crippen LogP contribution in [0.1, 0.15) is 29.8 Å². The average molecular weight is 392 g/mol. The van der Waals surface area contributed by atoms with Crippen molar-refractivity contribution in [2.75, 3.05) is 13.1 Å². The molecular weight excluding hydrogens is 373 g/mol. The van der Waals surface area contributed by atoms with Gasteiger partial charge in [0.2, 0.25) is 0 Å². The average Bonchev–Trinajstić information content (AvgIpc) is 3.15. The lowest BCUT2D eigenvalue weighted by molar-refractivity contribution is 0.0675. The number of halogens is 2. The van der Waals surface area contributed by atoms with Crippen molar-refractivity contribution < 1.29 is 4.79 Å². The molecule has 2 fully saturated rings. The van der Waals surface area contributed by atoms with Crippen LogP contribution in [-0.4, -0.2) is 41.0 Å². The SMILES string of the molecule is Cl.Cl.O=C(c1csc(-c2cccs2)n1)N1C2CCNCC1CC2. The summed E-state index contributed by atoms with van der Waals surface area (Å²) in [5.41, 5.74) is 0.613. The topological polar surface area (TPSA) is 45.2 Å². The quantitative estimate of drug-likeness (QED) is 0.848. The molecule has 2 atom stereocenters. The number of thiophene rings is 1. The minimum absolute atomic E-state index is 0. The third kappa shape index (κ3) is 3.56. The Morgan fingerprint density at radius 1 is 1.22 bits per heavy atom. The van der Waals surface area contributed by atoms with E-state index in [-0.39, 0.29) is 30.7 Å². The lowest BCUT2D eigenvalue weighted by atomic mass is 10.1. The highest BCUT2D eigenvalue weighted by atomic mass is 35.5. The number of fused-ring (bicyclic) bond motifs is 2. The number of nitrogens with one attached hydrogen (secondary N) is 1. The molecule has 1 amide bonds. The van der Waals surface area contributed by atoms with Crippen LogP contribution < -0.4 is 5.32 Å². The monoisotopic (exact) mass is 391 g/mol. The third-order valence-corrected chi connectivity index (χ3v) is 6.23. The van der Waals surface area contributed by atoms with Gasteiger partial charge in [0.15, 0.2) is 0 Å². The number of nitrogens with zero attached hydrogens (tertiary/aromatic N) is 2. The number of hydrogen-bond acceptors (Lipinski definition) is 5. The van der Waals surface area contributed by atoms with Crippen LogP contribution in [0.5, 0.6) is 0 Å². The van der Waals surface area contributed by atoms with Crippen LogP contribution in [0.25, 0.3) is 9.88 Å². The van der Waals surface area contributed by atoms with E-state index in [1.165, 1.54) is 0 Å². The Balaban J connectivity index is 0.000000960. The van der Waals surface area contributed by atoms with Crippen molar-refractivity contribution in [2.45, 2.75) is 31.3 Å². The number of thiazole rings is 1. The molecule has 0 radical (unpaired) electrons. The van der Waals surface area contributed by atoms with Crippen LogP contribution in [-0.2, 0) is 0 Å². The molecule has 2 bridgehead atoms. The van der Waals surface area contributed by atoms with E-state index in [2.05, 4.69) is 21.3 Å². The number of rotatable bonds is 2. The molecule has 8 heteroatoms. The number of amides is 1. The van der Waals surface area contributed by atoms with Crippen LogP contribution in [0.15, 0.2) is 22.9 Å². The summed E-state index contributed by atoms with van der Waals surface area (Å²) in [6.45, 7) is 1.94. The summed E-state index contributed by atoms with van der Waals surface area (Å²) >= 11 is 3.23. The van der Waals surface area contributed by atoms with E-state index in [9.17, 15) is 4.79 Å². The summed E-state index contributed by atoms with van der Waals surface area (Å²) in [7, 11) is 0. The summed E-state index contributed by atoms with van der Waals surface area (Å²) < 4.78 is 0. The summed E-state index contributed by atoms with van der Waals surface area (Å²) in [6, 6.07) is 4.81. The van der Waals surface area contributed by atoms with Gasteiger partial charge in [-0.05, 0) is 37.3 Å². The van der Waals surface area contributed by atoms with Crippen LogP contribution in [0.2, 0.25) is 0 Å². The molecule has 2 aromatic heterocycles. The Bertz CT molecular complexity index is 633. The highest BCUT2D eigenvalue weighted by Gasteiger charge is 2.39. The number of carbonyl (C=O) groups excluding carboxylic acids is 1. The molecule has 126 valence electrons. The van der Waals surface area contributed by atoms with Gasteiger partial charge >= 0.3 is 0 Å². The largest absolute Gasteiger partial charge is 0.330 e. The lowest BCUT2D eigenvalue weighted by Gasteiger charge is -2.27. The maximum atomic E-state index is 12.8. The normalized spacial score (nSPS) is 22.9. The van der Waals surface area contributed by atoms with E-state index in [4.69, 9.17) is 0 Å². The molecule has 4 nitrogen and oxygen atoms in total. The smallest absolute Gasteiger partial charge is 0.273 e. The first-order chi connectivity index (χ1) is 10.3. The van der Waals surface area contributed by atoms with Crippen molar-refractivity contribution in [3.05, 3.63) is 28.6 Å². The third-order valence-electron chi connectivity index (χ3n) is 4.34. The van der Waals surface area contributed by atoms with Crippen molar-refractivity contribution in [1.82, 2.24) is 15.2 Å². The van der Waals surface area contributed by atoms with Gasteiger partial charge in [0, 0.05) is 24.0 Å². The highest BCUT2D eigenvalue weighted by Crippen LogP contribution is 2.32. The van der Waals surface area contributed by atoms with Crippen molar-refractivity contribution >= 4 is 53.4 Å². The zero-order valence-corrected chi connectivity index (χ0v) is 15.7. The van der Waals surface area contributed by atoms with Gasteiger partial charge in [0.1, 0.15) is 10.7 Å². The molecule has 0 spiro atoms. The molecular formula is C15H19Cl2N3OS2. The molecule has 2 unspecified atom stereocenters. The van der Waals surface area contributed by atoms with Gasteiger partial charge in [-0.25, -0.2) is 4.98 Å². The summed E-state index contributed by atoms with van der Waals surface area (Å²) in [6.07, 6.45) is 3.31. The van der Waals surface area contributed by atoms with Crippen molar-refractivity contribution in [1.29, 1.82) is 0 Å². The molecule has 0 aromatic carbocycles. The van der Waals surface area contributed by atoms with Crippen molar-refractivity contribution in [2.24, 2.45) is 0 Å². The Kier molecular flexibility index (Phi) is 6.45. The Hall–Kier alpha value is -0.660. The fourth-order valence-electron chi connectivity index (χ4n) is 3.33. The predicted octanol–water partition coefficient (Wildman–Crippen LogP) is 3.68. The molecule has 23 heavy (non-hydrogen) atoms. The molecule has 0 saturated carbocycles. The second-order valence-electron chi connectivity index (χ2n) is 5.61. The molecule has 4 heterocycles. The Labute approximate surface area is 156 Å². The van der Waals surface area contributed by atoms with Gasteiger partial charge in [0.25, 0.3) is 5.91 Å². The molecule has 1 N–H and O–H groups in total. The van der Waals surface area contributed by atoms with Gasteiger partial charge < -0.3 is 10.2 Å². The molecule has 0 aliphatic carbocycles. The minimum Gasteiger partial charge on any atom is -0.330 e. The minimum atomic E-state index is 0. The van der Waals surface area contributed by atoms with Crippen molar-refractivity contribution in [3.63, 3.8) is 0 Å². The van der Waals surface area contributed by atoms with E-state index in [1.807, 2.05) is 16.8 Å². The van der Waals surface area contributed by atoms with Gasteiger partial charge in [-0.15, -0.1) is 47.5 Å². The zero-order chi connectivity index (χ0) is 14.2. The second-order valence-corrected chi connectivity index (χ2v) is 7.41. The van der Waals surface area contributed by atoms with E-state index < -0.39 is 0 Å². The maximum Gasteiger partial charge on any atom is 0.273 e. The predicted molar refractivity (Wildman–Crippen MR) is 100 cm³/mol. The Morgan fingerprint density at radius 3 is 2.83 bits per heavy atom. The second kappa shape index (κ2) is 7.94. The van der Waals surface area contributed by atoms with Crippen LogP contribution in [0, 0.1) is 0 Å². The number of aromatic nitrogens is 1. The van der Waals surface area contributed by atoms with Crippen LogP contribution >= 0.6 is 47.5 Å². The first-order valence-electron chi connectivity index (χ1n) is 7.36. The fourth-order valence-corrected chi connectivity index (χ4v) is 4.94. The zero-order valence-electron chi connectivity index (χ0n) is 12.4. The molecule has 2 saturated heterocycles. The molecule has 2 aliphatic rings. The summed E-state index contributed by atoms with van der Waals surface area (Å²) in [5.74, 6) is 0.116. The van der Waals surface area contributed by atoms with E-state index in [0.29, 0.717) is 17.8 Å². The van der Waals surface area contributed by atoms with Gasteiger partial charge in [-0.1, -0.05) is 6.07 Å². The standard InChI is InChI=1S/C15H17N3OS2.2ClH/c19-15(18-10-3-4-11(18)8-16-6-5-10)12-9-21-14(17-12)13-2-1-7-20-13;;/h1-2,7,9-11,16H,3-6,8H2;2*1H. The first kappa shape index (κ1) is 18.7. The summed E-state index contributed by atoms with van der Waals surface area (Å²) in [4.78, 5) is 20.6. The van der Waals surface area contributed by atoms with Crippen molar-refractivity contribution in [3.8, 4) is 9.88 Å². The van der Waals surface area contributed by atoms with E-state index in [1.54, 1.807) is 22.7 Å². The van der Waals surface area contributed by atoms with E-state index >= 15 is 0 Å². The van der Waals surface area contributed by atoms with Gasteiger partial charge in [-0.3, -0.25) is 4.79 Å². The van der Waals surface area contributed by atoms with Crippen LogP contribution in [0.3, 0.4) is 0 Å². The highest BCUT2D eigenvalue weighted by molar-refractivity contribution is 7.20. The number of carbonyl (C=O) groups is 1. The first-order valence-corrected chi connectivity index (χ1v) is 9.11. The maximum absolute atomic E-state index is 12.8. The Morgan fingerprint density at radius 2 is 2.04 bits per heavy atom.